The van der Waals surface area contributed by atoms with Gasteiger partial charge >= 0.3 is 0 Å². The van der Waals surface area contributed by atoms with Crippen molar-refractivity contribution in [3.8, 4) is 5.75 Å². The van der Waals surface area contributed by atoms with Gasteiger partial charge in [0.25, 0.3) is 0 Å². The Hall–Kier alpha value is -1.02. The quantitative estimate of drug-likeness (QED) is 0.768. The highest BCUT2D eigenvalue weighted by Crippen LogP contribution is 2.48. The lowest BCUT2D eigenvalue weighted by Gasteiger charge is -2.18. The van der Waals surface area contributed by atoms with E-state index in [9.17, 15) is 5.11 Å². The zero-order valence-electron chi connectivity index (χ0n) is 8.53. The minimum absolute atomic E-state index is 0.226. The van der Waals surface area contributed by atoms with E-state index in [1.54, 1.807) is 12.1 Å². The molecule has 2 nitrogen and oxygen atoms in total. The molecule has 0 radical (unpaired) electrons. The maximum atomic E-state index is 9.30. The summed E-state index contributed by atoms with van der Waals surface area (Å²) in [6.07, 6.45) is 3.35. The maximum absolute atomic E-state index is 9.30. The van der Waals surface area contributed by atoms with Gasteiger partial charge in [0.05, 0.1) is 0 Å². The van der Waals surface area contributed by atoms with Crippen molar-refractivity contribution < 1.29 is 5.11 Å². The Morgan fingerprint density at radius 1 is 1.50 bits per heavy atom. The van der Waals surface area contributed by atoms with E-state index in [1.807, 2.05) is 12.1 Å². The molecular weight excluding hydrogens is 174 g/mol. The number of rotatable bonds is 3. The molecule has 0 spiro atoms. The van der Waals surface area contributed by atoms with Crippen molar-refractivity contribution in [1.82, 2.24) is 0 Å². The van der Waals surface area contributed by atoms with E-state index in [1.165, 1.54) is 12.8 Å². The van der Waals surface area contributed by atoms with Crippen molar-refractivity contribution in [2.45, 2.75) is 32.2 Å². The first kappa shape index (κ1) is 9.53. The zero-order valence-corrected chi connectivity index (χ0v) is 8.53. The van der Waals surface area contributed by atoms with Crippen LogP contribution in [0.25, 0.3) is 0 Å². The van der Waals surface area contributed by atoms with E-state index in [0.717, 1.165) is 12.0 Å². The summed E-state index contributed by atoms with van der Waals surface area (Å²) >= 11 is 0. The molecule has 1 aromatic carbocycles. The molecule has 1 aliphatic rings. The lowest BCUT2D eigenvalue weighted by atomic mass is 9.93. The second-order valence-electron chi connectivity index (χ2n) is 4.63. The molecule has 76 valence electrons. The van der Waals surface area contributed by atoms with Crippen LogP contribution in [0.3, 0.4) is 0 Å². The van der Waals surface area contributed by atoms with Gasteiger partial charge in [0, 0.05) is 6.04 Å². The topological polar surface area (TPSA) is 46.2 Å². The van der Waals surface area contributed by atoms with E-state index in [0.29, 0.717) is 11.2 Å². The van der Waals surface area contributed by atoms with E-state index in [4.69, 9.17) is 5.73 Å². The number of hydrogen-bond donors (Lipinski definition) is 2. The molecular formula is C12H17NO. The summed E-state index contributed by atoms with van der Waals surface area (Å²) in [6.45, 7) is 2.24. The first-order chi connectivity index (χ1) is 6.60. The smallest absolute Gasteiger partial charge is 0.115 e. The fraction of sp³-hybridized carbons (Fsp3) is 0.500. The van der Waals surface area contributed by atoms with Crippen LogP contribution in [0.1, 0.15) is 25.3 Å². The van der Waals surface area contributed by atoms with Gasteiger partial charge in [-0.3, -0.25) is 0 Å². The molecule has 14 heavy (non-hydrogen) atoms. The summed E-state index contributed by atoms with van der Waals surface area (Å²) in [7, 11) is 0. The number of benzene rings is 1. The molecule has 0 heterocycles. The van der Waals surface area contributed by atoms with Gasteiger partial charge in [0.2, 0.25) is 0 Å². The van der Waals surface area contributed by atoms with Crippen LogP contribution in [-0.2, 0) is 6.42 Å². The van der Waals surface area contributed by atoms with Crippen LogP contribution in [-0.4, -0.2) is 11.1 Å². The highest BCUT2D eigenvalue weighted by Gasteiger charge is 2.42. The van der Waals surface area contributed by atoms with Gasteiger partial charge in [-0.15, -0.1) is 0 Å². The van der Waals surface area contributed by atoms with Crippen molar-refractivity contribution in [3.05, 3.63) is 29.8 Å². The SMILES string of the molecule is CC1(C(N)Cc2cccc(O)c2)CC1. The van der Waals surface area contributed by atoms with Crippen LogP contribution in [0.5, 0.6) is 5.75 Å². The van der Waals surface area contributed by atoms with Gasteiger partial charge < -0.3 is 10.8 Å². The summed E-state index contributed by atoms with van der Waals surface area (Å²) in [5.74, 6) is 0.329. The van der Waals surface area contributed by atoms with Gasteiger partial charge in [0.15, 0.2) is 0 Å². The molecule has 0 saturated heterocycles. The van der Waals surface area contributed by atoms with E-state index < -0.39 is 0 Å². The average Bonchev–Trinajstić information content (AvgIpc) is 2.85. The van der Waals surface area contributed by atoms with Gasteiger partial charge in [-0.2, -0.15) is 0 Å². The standard InChI is InChI=1S/C12H17NO/c1-12(5-6-12)11(13)8-9-3-2-4-10(14)7-9/h2-4,7,11,14H,5-6,8,13H2,1H3. The summed E-state index contributed by atoms with van der Waals surface area (Å²) in [5, 5.41) is 9.30. The molecule has 1 saturated carbocycles. The normalized spacial score (nSPS) is 20.4. The molecule has 1 aliphatic carbocycles. The van der Waals surface area contributed by atoms with Crippen molar-refractivity contribution in [1.29, 1.82) is 0 Å². The van der Waals surface area contributed by atoms with Crippen molar-refractivity contribution >= 4 is 0 Å². The largest absolute Gasteiger partial charge is 0.508 e. The van der Waals surface area contributed by atoms with Crippen LogP contribution in [0.2, 0.25) is 0 Å². The molecule has 1 atom stereocenters. The van der Waals surface area contributed by atoms with Crippen LogP contribution >= 0.6 is 0 Å². The van der Waals surface area contributed by atoms with E-state index in [-0.39, 0.29) is 6.04 Å². The third-order valence-electron chi connectivity index (χ3n) is 3.30. The molecule has 0 aliphatic heterocycles. The Labute approximate surface area is 84.7 Å². The Balaban J connectivity index is 2.03. The lowest BCUT2D eigenvalue weighted by Crippen LogP contribution is -2.31. The third-order valence-corrected chi connectivity index (χ3v) is 3.30. The number of phenolic OH excluding ortho intramolecular Hbond substituents is 1. The third kappa shape index (κ3) is 1.90. The predicted molar refractivity (Wildman–Crippen MR) is 57.1 cm³/mol. The maximum Gasteiger partial charge on any atom is 0.115 e. The highest BCUT2D eigenvalue weighted by molar-refractivity contribution is 5.28. The summed E-state index contributed by atoms with van der Waals surface area (Å²) in [4.78, 5) is 0. The number of phenols is 1. The Kier molecular flexibility index (Phi) is 2.23. The van der Waals surface area contributed by atoms with Crippen molar-refractivity contribution in [2.75, 3.05) is 0 Å². The molecule has 0 aromatic heterocycles. The second kappa shape index (κ2) is 3.28. The van der Waals surface area contributed by atoms with Gasteiger partial charge in [-0.05, 0) is 42.4 Å². The first-order valence-electron chi connectivity index (χ1n) is 5.14. The summed E-state index contributed by atoms with van der Waals surface area (Å²) in [5.41, 5.74) is 7.60. The number of hydrogen-bond acceptors (Lipinski definition) is 2. The molecule has 1 fully saturated rings. The summed E-state index contributed by atoms with van der Waals surface area (Å²) in [6, 6.07) is 7.60. The Bertz CT molecular complexity index is 331. The predicted octanol–water partition coefficient (Wildman–Crippen LogP) is 2.06. The van der Waals surface area contributed by atoms with Crippen molar-refractivity contribution in [3.63, 3.8) is 0 Å². The molecule has 1 unspecified atom stereocenters. The van der Waals surface area contributed by atoms with Gasteiger partial charge in [-0.25, -0.2) is 0 Å². The number of aromatic hydroxyl groups is 1. The molecule has 2 rings (SSSR count). The van der Waals surface area contributed by atoms with Crippen LogP contribution in [0, 0.1) is 5.41 Å². The van der Waals surface area contributed by atoms with Gasteiger partial charge in [0.1, 0.15) is 5.75 Å². The van der Waals surface area contributed by atoms with Crippen LogP contribution in [0.4, 0.5) is 0 Å². The Morgan fingerprint density at radius 2 is 2.21 bits per heavy atom. The average molecular weight is 191 g/mol. The minimum atomic E-state index is 0.226. The van der Waals surface area contributed by atoms with Crippen LogP contribution in [0.15, 0.2) is 24.3 Å². The highest BCUT2D eigenvalue weighted by atomic mass is 16.3. The second-order valence-corrected chi connectivity index (χ2v) is 4.63. The fourth-order valence-corrected chi connectivity index (χ4v) is 1.75. The summed E-state index contributed by atoms with van der Waals surface area (Å²) < 4.78 is 0. The van der Waals surface area contributed by atoms with Crippen molar-refractivity contribution in [2.24, 2.45) is 11.1 Å². The van der Waals surface area contributed by atoms with Gasteiger partial charge in [-0.1, -0.05) is 19.1 Å². The molecule has 3 N–H and O–H groups in total. The minimum Gasteiger partial charge on any atom is -0.508 e. The monoisotopic (exact) mass is 191 g/mol. The first-order valence-corrected chi connectivity index (χ1v) is 5.14. The molecule has 2 heteroatoms. The molecule has 0 bridgehead atoms. The Morgan fingerprint density at radius 3 is 2.79 bits per heavy atom. The van der Waals surface area contributed by atoms with E-state index in [2.05, 4.69) is 6.92 Å². The lowest BCUT2D eigenvalue weighted by molar-refractivity contribution is 0.431. The number of nitrogens with two attached hydrogens (primary N) is 1. The van der Waals surface area contributed by atoms with Crippen LogP contribution < -0.4 is 5.73 Å². The zero-order chi connectivity index (χ0) is 10.2. The van der Waals surface area contributed by atoms with E-state index >= 15 is 0 Å². The fourth-order valence-electron chi connectivity index (χ4n) is 1.75. The molecule has 0 amide bonds. The molecule has 1 aromatic rings.